The van der Waals surface area contributed by atoms with Crippen LogP contribution in [0.1, 0.15) is 28.4 Å². The molecule has 2 aromatic heterocycles. The van der Waals surface area contributed by atoms with Gasteiger partial charge >= 0.3 is 5.97 Å². The Labute approximate surface area is 189 Å². The summed E-state index contributed by atoms with van der Waals surface area (Å²) in [5.74, 6) is -1.01. The average molecular weight is 445 g/mol. The first-order valence-electron chi connectivity index (χ1n) is 10.5. The molecule has 2 aromatic carbocycles. The SMILES string of the molecule is CCOC(=O)c1ccccc1NC(=O)Cn1cnc2c(cnn2-c2ccc(C)cc2C)c1=O. The highest BCUT2D eigenvalue weighted by Gasteiger charge is 2.17. The van der Waals surface area contributed by atoms with Crippen molar-refractivity contribution in [3.8, 4) is 5.69 Å². The third-order valence-corrected chi connectivity index (χ3v) is 5.15. The molecule has 0 unspecified atom stereocenters. The smallest absolute Gasteiger partial charge is 0.340 e. The van der Waals surface area contributed by atoms with Gasteiger partial charge in [0.15, 0.2) is 5.65 Å². The van der Waals surface area contributed by atoms with Crippen LogP contribution in [0.3, 0.4) is 0 Å². The van der Waals surface area contributed by atoms with Crippen LogP contribution in [-0.2, 0) is 16.1 Å². The quantitative estimate of drug-likeness (QED) is 0.457. The van der Waals surface area contributed by atoms with Crippen molar-refractivity contribution in [1.29, 1.82) is 0 Å². The molecule has 0 aliphatic carbocycles. The number of hydrogen-bond donors (Lipinski definition) is 1. The number of nitrogens with one attached hydrogen (secondary N) is 1. The van der Waals surface area contributed by atoms with Crippen LogP contribution >= 0.6 is 0 Å². The largest absolute Gasteiger partial charge is 0.462 e. The fourth-order valence-corrected chi connectivity index (χ4v) is 3.60. The number of amides is 1. The van der Waals surface area contributed by atoms with Gasteiger partial charge in [-0.3, -0.25) is 14.2 Å². The fraction of sp³-hybridized carbons (Fsp3) is 0.208. The van der Waals surface area contributed by atoms with Crippen LogP contribution in [0.25, 0.3) is 16.7 Å². The van der Waals surface area contributed by atoms with Gasteiger partial charge in [0.25, 0.3) is 5.56 Å². The van der Waals surface area contributed by atoms with Gasteiger partial charge in [0.2, 0.25) is 5.91 Å². The van der Waals surface area contributed by atoms with Crippen LogP contribution in [-0.4, -0.2) is 37.8 Å². The zero-order valence-electron chi connectivity index (χ0n) is 18.5. The molecule has 4 aromatic rings. The lowest BCUT2D eigenvalue weighted by Gasteiger charge is -2.11. The maximum atomic E-state index is 13.0. The Bertz CT molecular complexity index is 1420. The Kier molecular flexibility index (Phi) is 6.03. The van der Waals surface area contributed by atoms with E-state index in [-0.39, 0.29) is 24.3 Å². The number of hydrogen-bond acceptors (Lipinski definition) is 6. The van der Waals surface area contributed by atoms with Crippen LogP contribution in [0.2, 0.25) is 0 Å². The van der Waals surface area contributed by atoms with Gasteiger partial charge in [0, 0.05) is 0 Å². The van der Waals surface area contributed by atoms with E-state index in [0.717, 1.165) is 16.8 Å². The summed E-state index contributed by atoms with van der Waals surface area (Å²) >= 11 is 0. The number of nitrogens with zero attached hydrogens (tertiary/aromatic N) is 4. The zero-order valence-corrected chi connectivity index (χ0v) is 18.5. The van der Waals surface area contributed by atoms with E-state index in [1.807, 2.05) is 32.0 Å². The molecule has 9 nitrogen and oxygen atoms in total. The third-order valence-electron chi connectivity index (χ3n) is 5.15. The molecule has 0 atom stereocenters. The fourth-order valence-electron chi connectivity index (χ4n) is 3.60. The summed E-state index contributed by atoms with van der Waals surface area (Å²) in [6, 6.07) is 12.5. The minimum absolute atomic E-state index is 0.220. The molecule has 1 amide bonds. The van der Waals surface area contributed by atoms with Crippen LogP contribution in [0.15, 0.2) is 59.8 Å². The number of rotatable bonds is 6. The molecule has 0 saturated carbocycles. The Morgan fingerprint density at radius 2 is 1.91 bits per heavy atom. The molecular weight excluding hydrogens is 422 g/mol. The van der Waals surface area contributed by atoms with E-state index in [4.69, 9.17) is 4.74 Å². The summed E-state index contributed by atoms with van der Waals surface area (Å²) in [7, 11) is 0. The van der Waals surface area contributed by atoms with E-state index in [1.54, 1.807) is 35.9 Å². The summed E-state index contributed by atoms with van der Waals surface area (Å²) in [5, 5.41) is 7.31. The number of anilines is 1. The average Bonchev–Trinajstić information content (AvgIpc) is 3.21. The van der Waals surface area contributed by atoms with Gasteiger partial charge in [-0.05, 0) is 44.5 Å². The number of ether oxygens (including phenoxy) is 1. The highest BCUT2D eigenvalue weighted by Crippen LogP contribution is 2.19. The van der Waals surface area contributed by atoms with E-state index >= 15 is 0 Å². The summed E-state index contributed by atoms with van der Waals surface area (Å²) in [6.45, 7) is 5.63. The van der Waals surface area contributed by atoms with Gasteiger partial charge in [-0.15, -0.1) is 0 Å². The van der Waals surface area contributed by atoms with Crippen molar-refractivity contribution in [3.63, 3.8) is 0 Å². The van der Waals surface area contributed by atoms with Gasteiger partial charge in [0.1, 0.15) is 18.3 Å². The zero-order chi connectivity index (χ0) is 23.5. The monoisotopic (exact) mass is 445 g/mol. The highest BCUT2D eigenvalue weighted by molar-refractivity contribution is 6.01. The van der Waals surface area contributed by atoms with Crippen LogP contribution in [0.4, 0.5) is 5.69 Å². The molecule has 0 aliphatic heterocycles. The van der Waals surface area contributed by atoms with E-state index in [1.165, 1.54) is 17.1 Å². The first-order chi connectivity index (χ1) is 15.9. The number of para-hydroxylation sites is 1. The third kappa shape index (κ3) is 4.38. The molecule has 168 valence electrons. The predicted molar refractivity (Wildman–Crippen MR) is 124 cm³/mol. The van der Waals surface area contributed by atoms with Crippen molar-refractivity contribution in [2.75, 3.05) is 11.9 Å². The minimum atomic E-state index is -0.535. The highest BCUT2D eigenvalue weighted by atomic mass is 16.5. The predicted octanol–water partition coefficient (Wildman–Crippen LogP) is 3.01. The second-order valence-electron chi connectivity index (χ2n) is 7.58. The molecule has 0 aliphatic rings. The standard InChI is InChI=1S/C24H23N5O4/c1-4-33-24(32)17-7-5-6-8-19(17)27-21(30)13-28-14-25-22-18(23(28)31)12-26-29(22)20-10-9-15(2)11-16(20)3/h5-12,14H,4,13H2,1-3H3,(H,27,30). The Hall–Kier alpha value is -4.27. The number of fused-ring (bicyclic) bond motifs is 1. The molecule has 0 spiro atoms. The molecule has 1 N–H and O–H groups in total. The van der Waals surface area contributed by atoms with Crippen molar-refractivity contribution in [1.82, 2.24) is 19.3 Å². The van der Waals surface area contributed by atoms with Crippen LogP contribution in [0.5, 0.6) is 0 Å². The molecular formula is C24H23N5O4. The number of carbonyl (C=O) groups is 2. The normalized spacial score (nSPS) is 10.9. The topological polar surface area (TPSA) is 108 Å². The lowest BCUT2D eigenvalue weighted by atomic mass is 10.1. The number of carbonyl (C=O) groups excluding carboxylic acids is 2. The lowest BCUT2D eigenvalue weighted by Crippen LogP contribution is -2.28. The van der Waals surface area contributed by atoms with Crippen molar-refractivity contribution >= 4 is 28.6 Å². The van der Waals surface area contributed by atoms with Gasteiger partial charge in [0.05, 0.1) is 29.7 Å². The second kappa shape index (κ2) is 9.07. The van der Waals surface area contributed by atoms with E-state index in [2.05, 4.69) is 15.4 Å². The Morgan fingerprint density at radius 3 is 2.67 bits per heavy atom. The first-order valence-corrected chi connectivity index (χ1v) is 10.5. The maximum absolute atomic E-state index is 13.0. The molecule has 2 heterocycles. The van der Waals surface area contributed by atoms with Crippen molar-refractivity contribution in [2.24, 2.45) is 0 Å². The minimum Gasteiger partial charge on any atom is -0.462 e. The van der Waals surface area contributed by atoms with Crippen LogP contribution < -0.4 is 10.9 Å². The van der Waals surface area contributed by atoms with Crippen LogP contribution in [0, 0.1) is 13.8 Å². The van der Waals surface area contributed by atoms with Crippen molar-refractivity contribution < 1.29 is 14.3 Å². The molecule has 33 heavy (non-hydrogen) atoms. The number of benzene rings is 2. The molecule has 0 saturated heterocycles. The number of aromatic nitrogens is 4. The molecule has 0 radical (unpaired) electrons. The van der Waals surface area contributed by atoms with Gasteiger partial charge < -0.3 is 10.1 Å². The summed E-state index contributed by atoms with van der Waals surface area (Å²) < 4.78 is 7.85. The maximum Gasteiger partial charge on any atom is 0.340 e. The molecule has 9 heteroatoms. The number of esters is 1. The van der Waals surface area contributed by atoms with Gasteiger partial charge in [-0.1, -0.05) is 29.8 Å². The van der Waals surface area contributed by atoms with E-state index in [9.17, 15) is 14.4 Å². The van der Waals surface area contributed by atoms with Crippen molar-refractivity contribution in [3.05, 3.63) is 82.0 Å². The number of aryl methyl sites for hydroxylation is 2. The van der Waals surface area contributed by atoms with Gasteiger partial charge in [-0.2, -0.15) is 5.10 Å². The van der Waals surface area contributed by atoms with Crippen molar-refractivity contribution in [2.45, 2.75) is 27.3 Å². The Balaban J connectivity index is 1.59. The molecule has 0 fully saturated rings. The molecule has 0 bridgehead atoms. The summed E-state index contributed by atoms with van der Waals surface area (Å²) in [5.41, 5.74) is 3.54. The van der Waals surface area contributed by atoms with E-state index in [0.29, 0.717) is 16.7 Å². The summed E-state index contributed by atoms with van der Waals surface area (Å²) in [6.07, 6.45) is 2.78. The van der Waals surface area contributed by atoms with E-state index < -0.39 is 11.9 Å². The van der Waals surface area contributed by atoms with Gasteiger partial charge in [-0.25, -0.2) is 14.5 Å². The lowest BCUT2D eigenvalue weighted by molar-refractivity contribution is -0.116. The second-order valence-corrected chi connectivity index (χ2v) is 7.58. The Morgan fingerprint density at radius 1 is 1.12 bits per heavy atom. The first kappa shape index (κ1) is 21.9. The molecule has 4 rings (SSSR count). The summed E-state index contributed by atoms with van der Waals surface area (Å²) in [4.78, 5) is 42.1.